The molecule has 1 unspecified atom stereocenters. The fourth-order valence-corrected chi connectivity index (χ4v) is 4.81. The molecule has 32 heavy (non-hydrogen) atoms. The number of likely N-dealkylation sites (tertiary alicyclic amines) is 1. The van der Waals surface area contributed by atoms with Crippen molar-refractivity contribution in [2.24, 2.45) is 0 Å². The predicted octanol–water partition coefficient (Wildman–Crippen LogP) is 3.98. The highest BCUT2D eigenvalue weighted by molar-refractivity contribution is 7.91. The molecule has 2 aromatic rings. The molecule has 1 aliphatic rings. The van der Waals surface area contributed by atoms with E-state index < -0.39 is 34.9 Å². The van der Waals surface area contributed by atoms with Gasteiger partial charge in [-0.25, -0.2) is 0 Å². The molecule has 174 valence electrons. The molecule has 1 saturated heterocycles. The minimum Gasteiger partial charge on any atom is -0.611 e. The van der Waals surface area contributed by atoms with Crippen LogP contribution in [0.5, 0.6) is 0 Å². The van der Waals surface area contributed by atoms with Crippen LogP contribution in [-0.4, -0.2) is 45.4 Å². The average Bonchev–Trinajstić information content (AvgIpc) is 3.15. The van der Waals surface area contributed by atoms with E-state index in [4.69, 9.17) is 11.6 Å². The van der Waals surface area contributed by atoms with E-state index in [-0.39, 0.29) is 24.2 Å². The molecule has 0 aliphatic carbocycles. The molecular weight excluding hydrogens is 465 g/mol. The Bertz CT molecular complexity index is 974. The molecule has 2 aromatic carbocycles. The first kappa shape index (κ1) is 24.9. The van der Waals surface area contributed by atoms with Crippen molar-refractivity contribution in [2.45, 2.75) is 43.6 Å². The molecule has 2 atom stereocenters. The number of rotatable bonds is 7. The van der Waals surface area contributed by atoms with Crippen molar-refractivity contribution in [3.8, 4) is 0 Å². The van der Waals surface area contributed by atoms with Crippen molar-refractivity contribution in [1.82, 2.24) is 10.2 Å². The van der Waals surface area contributed by atoms with Gasteiger partial charge in [-0.3, -0.25) is 9.69 Å². The standard InChI is InChI=1S/C22H24ClF3N2O3S/c1-2-32(31)20-6-5-17(23)9-16(20)11-27-21(30)14-3-4-15(19(10-14)22(24,25)26)12-28-8-7-18(29)13-28/h3-6,9-10,18,29H,2,7-8,11-13H2,1H3,(H,27,30)/t18-,32?/m1/s1. The maximum absolute atomic E-state index is 13.7. The van der Waals surface area contributed by atoms with Gasteiger partial charge < -0.3 is 15.0 Å². The van der Waals surface area contributed by atoms with Crippen LogP contribution in [0.3, 0.4) is 0 Å². The summed E-state index contributed by atoms with van der Waals surface area (Å²) in [5, 5.41) is 12.6. The number of hydrogen-bond acceptors (Lipinski definition) is 4. The number of aliphatic hydroxyl groups excluding tert-OH is 1. The van der Waals surface area contributed by atoms with Gasteiger partial charge in [-0.2, -0.15) is 13.2 Å². The zero-order valence-electron chi connectivity index (χ0n) is 17.4. The van der Waals surface area contributed by atoms with E-state index >= 15 is 0 Å². The summed E-state index contributed by atoms with van der Waals surface area (Å²) in [5.41, 5.74) is -0.394. The second-order valence-electron chi connectivity index (χ2n) is 7.62. The van der Waals surface area contributed by atoms with Crippen molar-refractivity contribution in [1.29, 1.82) is 0 Å². The van der Waals surface area contributed by atoms with E-state index in [2.05, 4.69) is 5.32 Å². The molecule has 2 N–H and O–H groups in total. The van der Waals surface area contributed by atoms with Crippen molar-refractivity contribution >= 4 is 28.7 Å². The lowest BCUT2D eigenvalue weighted by molar-refractivity contribution is -0.138. The van der Waals surface area contributed by atoms with Gasteiger partial charge >= 0.3 is 6.18 Å². The van der Waals surface area contributed by atoms with Gasteiger partial charge in [0.1, 0.15) is 5.75 Å². The molecular formula is C22H24ClF3N2O3S. The van der Waals surface area contributed by atoms with E-state index in [1.165, 1.54) is 12.1 Å². The highest BCUT2D eigenvalue weighted by Gasteiger charge is 2.35. The third-order valence-electron chi connectivity index (χ3n) is 5.29. The van der Waals surface area contributed by atoms with Crippen LogP contribution in [0.4, 0.5) is 13.2 Å². The number of aliphatic hydroxyl groups is 1. The summed E-state index contributed by atoms with van der Waals surface area (Å²) in [4.78, 5) is 14.9. The van der Waals surface area contributed by atoms with Crippen LogP contribution in [0.25, 0.3) is 0 Å². The summed E-state index contributed by atoms with van der Waals surface area (Å²) in [5.74, 6) is -0.292. The van der Waals surface area contributed by atoms with Gasteiger partial charge in [0.2, 0.25) is 0 Å². The average molecular weight is 489 g/mol. The number of nitrogens with one attached hydrogen (secondary N) is 1. The Balaban J connectivity index is 1.78. The lowest BCUT2D eigenvalue weighted by Crippen LogP contribution is -2.26. The summed E-state index contributed by atoms with van der Waals surface area (Å²) in [6.45, 7) is 2.62. The van der Waals surface area contributed by atoms with Crippen LogP contribution in [0.2, 0.25) is 5.02 Å². The van der Waals surface area contributed by atoms with E-state index in [0.717, 1.165) is 6.07 Å². The normalized spacial score (nSPS) is 18.0. The first-order valence-corrected chi connectivity index (χ1v) is 11.8. The van der Waals surface area contributed by atoms with Crippen LogP contribution < -0.4 is 5.32 Å². The number of benzene rings is 2. The maximum atomic E-state index is 13.7. The van der Waals surface area contributed by atoms with Crippen molar-refractivity contribution in [3.63, 3.8) is 0 Å². The Kier molecular flexibility index (Phi) is 8.11. The van der Waals surface area contributed by atoms with Gasteiger partial charge in [-0.1, -0.05) is 17.7 Å². The molecule has 0 saturated carbocycles. The van der Waals surface area contributed by atoms with Crippen LogP contribution in [0.1, 0.15) is 40.4 Å². The number of nitrogens with zero attached hydrogens (tertiary/aromatic N) is 1. The molecule has 0 spiro atoms. The van der Waals surface area contributed by atoms with Gasteiger partial charge in [0.15, 0.2) is 4.90 Å². The monoisotopic (exact) mass is 488 g/mol. The first-order chi connectivity index (χ1) is 15.1. The number of alkyl halides is 3. The van der Waals surface area contributed by atoms with Crippen LogP contribution in [-0.2, 0) is 30.4 Å². The highest BCUT2D eigenvalue weighted by atomic mass is 35.5. The molecule has 1 amide bonds. The van der Waals surface area contributed by atoms with Crippen LogP contribution in [0, 0.1) is 0 Å². The SMILES string of the molecule is CC[S+]([O-])c1ccc(Cl)cc1CNC(=O)c1ccc(CN2CC[C@@H](O)C2)c(C(F)(F)F)c1. The van der Waals surface area contributed by atoms with Gasteiger partial charge in [0, 0.05) is 42.3 Å². The largest absolute Gasteiger partial charge is 0.611 e. The topological polar surface area (TPSA) is 75.6 Å². The summed E-state index contributed by atoms with van der Waals surface area (Å²) < 4.78 is 53.2. The molecule has 0 radical (unpaired) electrons. The Morgan fingerprint density at radius 1 is 1.28 bits per heavy atom. The zero-order valence-corrected chi connectivity index (χ0v) is 19.0. The van der Waals surface area contributed by atoms with Gasteiger partial charge in [0.05, 0.1) is 11.7 Å². The van der Waals surface area contributed by atoms with Gasteiger partial charge in [-0.05, 0) is 60.4 Å². The van der Waals surface area contributed by atoms with Crippen LogP contribution >= 0.6 is 11.6 Å². The molecule has 10 heteroatoms. The number of hydrogen-bond donors (Lipinski definition) is 2. The quantitative estimate of drug-likeness (QED) is 0.578. The number of carbonyl (C=O) groups excluding carboxylic acids is 1. The Morgan fingerprint density at radius 2 is 2.03 bits per heavy atom. The lowest BCUT2D eigenvalue weighted by atomic mass is 10.0. The second-order valence-corrected chi connectivity index (χ2v) is 9.76. The summed E-state index contributed by atoms with van der Waals surface area (Å²) >= 11 is 4.73. The van der Waals surface area contributed by atoms with E-state index in [0.29, 0.717) is 40.7 Å². The Labute approximate surface area is 192 Å². The Hall–Kier alpha value is -1.78. The van der Waals surface area contributed by atoms with Gasteiger partial charge in [-0.15, -0.1) is 0 Å². The fourth-order valence-electron chi connectivity index (χ4n) is 3.66. The van der Waals surface area contributed by atoms with E-state index in [9.17, 15) is 27.6 Å². The fraction of sp³-hybridized carbons (Fsp3) is 0.409. The van der Waals surface area contributed by atoms with Crippen molar-refractivity contribution in [2.75, 3.05) is 18.8 Å². The molecule has 0 aromatic heterocycles. The first-order valence-electron chi connectivity index (χ1n) is 10.1. The number of halogens is 4. The molecule has 1 fully saturated rings. The smallest absolute Gasteiger partial charge is 0.416 e. The second kappa shape index (κ2) is 10.4. The van der Waals surface area contributed by atoms with Gasteiger partial charge in [0.25, 0.3) is 5.91 Å². The predicted molar refractivity (Wildman–Crippen MR) is 117 cm³/mol. The number of amides is 1. The minimum absolute atomic E-state index is 0.0186. The lowest BCUT2D eigenvalue weighted by Gasteiger charge is -2.20. The third-order valence-corrected chi connectivity index (χ3v) is 6.94. The minimum atomic E-state index is -4.62. The number of carbonyl (C=O) groups is 1. The summed E-state index contributed by atoms with van der Waals surface area (Å²) in [6, 6.07) is 8.31. The molecule has 5 nitrogen and oxygen atoms in total. The Morgan fingerprint density at radius 3 is 2.66 bits per heavy atom. The molecule has 0 bridgehead atoms. The van der Waals surface area contributed by atoms with E-state index in [1.54, 1.807) is 30.0 Å². The van der Waals surface area contributed by atoms with Crippen LogP contribution in [0.15, 0.2) is 41.3 Å². The van der Waals surface area contributed by atoms with E-state index in [1.807, 2.05) is 0 Å². The third kappa shape index (κ3) is 6.17. The van der Waals surface area contributed by atoms with Crippen molar-refractivity contribution < 1.29 is 27.6 Å². The zero-order chi connectivity index (χ0) is 23.5. The summed E-state index contributed by atoms with van der Waals surface area (Å²) in [6.07, 6.45) is -4.63. The number of β-amino-alcohol motifs (C(OH)–C–C–N with tert-alkyl or cyclic N) is 1. The highest BCUT2D eigenvalue weighted by Crippen LogP contribution is 2.34. The molecule has 1 aliphatic heterocycles. The van der Waals surface area contributed by atoms with Crippen molar-refractivity contribution in [3.05, 3.63) is 63.7 Å². The molecule has 3 rings (SSSR count). The summed E-state index contributed by atoms with van der Waals surface area (Å²) in [7, 11) is 0. The molecule has 1 heterocycles. The maximum Gasteiger partial charge on any atom is 0.416 e.